The largest absolute Gasteiger partial charge is 0.522 e. The molecule has 2 amide bonds. The molecule has 1 rings (SSSR count). The average molecular weight is 312 g/mol. The lowest BCUT2D eigenvalue weighted by atomic mass is 10.1. The van der Waals surface area contributed by atoms with E-state index in [1.807, 2.05) is 0 Å². The van der Waals surface area contributed by atoms with Gasteiger partial charge in [0.05, 0.1) is 0 Å². The number of ether oxygens (including phenoxy) is 2. The number of carbonyl (C=O) groups is 2. The van der Waals surface area contributed by atoms with Crippen LogP contribution in [0.5, 0.6) is 0 Å². The number of carbonyl (C=O) groups excluding carboxylic acids is 2. The van der Waals surface area contributed by atoms with Crippen molar-refractivity contribution in [1.82, 2.24) is 10.2 Å². The summed E-state index contributed by atoms with van der Waals surface area (Å²) in [6.45, 7) is 6.15. The highest BCUT2D eigenvalue weighted by Gasteiger charge is 2.41. The number of amides is 2. The summed E-state index contributed by atoms with van der Waals surface area (Å²) in [5.41, 5.74) is -0.699. The molecule has 21 heavy (non-hydrogen) atoms. The first-order valence-corrected chi connectivity index (χ1v) is 6.40. The van der Waals surface area contributed by atoms with Crippen molar-refractivity contribution in [2.45, 2.75) is 51.8 Å². The summed E-state index contributed by atoms with van der Waals surface area (Å²) in [4.78, 5) is 24.5. The first-order valence-electron chi connectivity index (χ1n) is 6.40. The van der Waals surface area contributed by atoms with Crippen molar-refractivity contribution in [3.8, 4) is 0 Å². The van der Waals surface area contributed by atoms with Gasteiger partial charge < -0.3 is 15.0 Å². The van der Waals surface area contributed by atoms with Crippen LogP contribution in [0.1, 0.15) is 27.7 Å². The van der Waals surface area contributed by atoms with Crippen molar-refractivity contribution in [3.05, 3.63) is 0 Å². The highest BCUT2D eigenvalue weighted by Crippen LogP contribution is 2.24. The number of nitrogens with zero attached hydrogens (tertiary/aromatic N) is 1. The molecule has 1 N–H and O–H groups in total. The molecule has 0 saturated carbocycles. The predicted octanol–water partition coefficient (Wildman–Crippen LogP) is 1.65. The zero-order chi connectivity index (χ0) is 16.4. The quantitative estimate of drug-likeness (QED) is 0.860. The second-order valence-electron chi connectivity index (χ2n) is 5.80. The number of halogens is 3. The van der Waals surface area contributed by atoms with E-state index in [2.05, 4.69) is 10.1 Å². The molecule has 0 aromatic heterocycles. The van der Waals surface area contributed by atoms with Gasteiger partial charge in [0.15, 0.2) is 0 Å². The fourth-order valence-corrected chi connectivity index (χ4v) is 1.70. The van der Waals surface area contributed by atoms with Crippen molar-refractivity contribution in [2.75, 3.05) is 13.1 Å². The van der Waals surface area contributed by atoms with E-state index in [1.165, 1.54) is 11.8 Å². The second-order valence-corrected chi connectivity index (χ2v) is 5.80. The minimum absolute atomic E-state index is 0.154. The molecule has 1 aliphatic rings. The number of alkyl carbamates (subject to hydrolysis) is 1. The van der Waals surface area contributed by atoms with Crippen LogP contribution in [-0.4, -0.2) is 54.1 Å². The third kappa shape index (κ3) is 6.19. The first-order chi connectivity index (χ1) is 9.37. The molecule has 1 saturated heterocycles. The number of nitrogens with one attached hydrogen (secondary N) is 1. The van der Waals surface area contributed by atoms with E-state index < -0.39 is 36.1 Å². The molecule has 0 bridgehead atoms. The van der Waals surface area contributed by atoms with Gasteiger partial charge in [-0.25, -0.2) is 4.79 Å². The fourth-order valence-electron chi connectivity index (χ4n) is 1.70. The van der Waals surface area contributed by atoms with E-state index in [9.17, 15) is 22.8 Å². The van der Waals surface area contributed by atoms with E-state index in [0.717, 1.165) is 0 Å². The van der Waals surface area contributed by atoms with Gasteiger partial charge in [-0.1, -0.05) is 0 Å². The van der Waals surface area contributed by atoms with Crippen LogP contribution >= 0.6 is 0 Å². The molecule has 0 radical (unpaired) electrons. The van der Waals surface area contributed by atoms with E-state index in [1.54, 1.807) is 20.8 Å². The molecule has 0 aromatic carbocycles. The molecule has 6 nitrogen and oxygen atoms in total. The van der Waals surface area contributed by atoms with Crippen LogP contribution in [0.4, 0.5) is 18.0 Å². The van der Waals surface area contributed by atoms with Gasteiger partial charge in [-0.05, 0) is 27.7 Å². The molecule has 1 heterocycles. The van der Waals surface area contributed by atoms with Crippen LogP contribution < -0.4 is 5.32 Å². The van der Waals surface area contributed by atoms with Crippen LogP contribution in [-0.2, 0) is 14.3 Å². The normalized spacial score (nSPS) is 18.0. The fraction of sp³-hybridized carbons (Fsp3) is 0.833. The lowest BCUT2D eigenvalue weighted by Gasteiger charge is -2.40. The number of alkyl halides is 3. The summed E-state index contributed by atoms with van der Waals surface area (Å²) < 4.78 is 44.6. The first kappa shape index (κ1) is 17.5. The third-order valence-corrected chi connectivity index (χ3v) is 2.56. The molecule has 1 atom stereocenters. The number of hydrogen-bond acceptors (Lipinski definition) is 4. The Morgan fingerprint density at radius 2 is 1.76 bits per heavy atom. The van der Waals surface area contributed by atoms with Gasteiger partial charge in [0.1, 0.15) is 17.7 Å². The van der Waals surface area contributed by atoms with Crippen molar-refractivity contribution < 1.29 is 32.2 Å². The van der Waals surface area contributed by atoms with Gasteiger partial charge in [0.25, 0.3) is 0 Å². The summed E-state index contributed by atoms with van der Waals surface area (Å²) in [5, 5.41) is 2.33. The van der Waals surface area contributed by atoms with Gasteiger partial charge in [-0.2, -0.15) is 0 Å². The van der Waals surface area contributed by atoms with E-state index in [4.69, 9.17) is 4.74 Å². The monoisotopic (exact) mass is 312 g/mol. The average Bonchev–Trinajstić information content (AvgIpc) is 2.17. The molecule has 0 aromatic rings. The summed E-state index contributed by atoms with van der Waals surface area (Å²) in [7, 11) is 0. The summed E-state index contributed by atoms with van der Waals surface area (Å²) in [6.07, 6.45) is -6.52. The lowest BCUT2D eigenvalue weighted by molar-refractivity contribution is -0.353. The van der Waals surface area contributed by atoms with E-state index in [0.29, 0.717) is 0 Å². The van der Waals surface area contributed by atoms with Gasteiger partial charge in [0.2, 0.25) is 5.91 Å². The standard InChI is InChI=1S/C12H19F3N2O4/c1-7(16-10(19)21-11(2,3)4)9(18)17-5-8(6-17)20-12(13,14)15/h7-8H,5-6H2,1-4H3,(H,16,19)/t7-/m1/s1. The molecule has 1 fully saturated rings. The molecule has 0 unspecified atom stereocenters. The Labute approximate surface area is 120 Å². The summed E-state index contributed by atoms with van der Waals surface area (Å²) in [5.74, 6) is -0.483. The van der Waals surface area contributed by atoms with Crippen molar-refractivity contribution in [1.29, 1.82) is 0 Å². The number of hydrogen-bond donors (Lipinski definition) is 1. The highest BCUT2D eigenvalue weighted by atomic mass is 19.4. The van der Waals surface area contributed by atoms with Crippen molar-refractivity contribution >= 4 is 12.0 Å². The predicted molar refractivity (Wildman–Crippen MR) is 66.3 cm³/mol. The van der Waals surface area contributed by atoms with Crippen LogP contribution in [0.25, 0.3) is 0 Å². The van der Waals surface area contributed by atoms with E-state index >= 15 is 0 Å². The van der Waals surface area contributed by atoms with Crippen LogP contribution in [0, 0.1) is 0 Å². The maximum atomic E-state index is 11.9. The van der Waals surface area contributed by atoms with Crippen molar-refractivity contribution in [3.63, 3.8) is 0 Å². The Morgan fingerprint density at radius 3 is 2.19 bits per heavy atom. The summed E-state index contributed by atoms with van der Waals surface area (Å²) >= 11 is 0. The van der Waals surface area contributed by atoms with Crippen LogP contribution in [0.2, 0.25) is 0 Å². The zero-order valence-corrected chi connectivity index (χ0v) is 12.3. The van der Waals surface area contributed by atoms with Crippen molar-refractivity contribution in [2.24, 2.45) is 0 Å². The molecule has 0 spiro atoms. The Morgan fingerprint density at radius 1 is 1.24 bits per heavy atom. The molecule has 0 aliphatic carbocycles. The van der Waals surface area contributed by atoms with Gasteiger partial charge in [0, 0.05) is 13.1 Å². The van der Waals surface area contributed by atoms with Gasteiger partial charge in [-0.3, -0.25) is 9.53 Å². The minimum Gasteiger partial charge on any atom is -0.444 e. The maximum Gasteiger partial charge on any atom is 0.522 e. The molecular weight excluding hydrogens is 293 g/mol. The molecule has 1 aliphatic heterocycles. The maximum absolute atomic E-state index is 11.9. The topological polar surface area (TPSA) is 67.9 Å². The molecule has 9 heteroatoms. The number of rotatable bonds is 3. The van der Waals surface area contributed by atoms with Gasteiger partial charge >= 0.3 is 12.5 Å². The Balaban J connectivity index is 2.35. The highest BCUT2D eigenvalue weighted by molar-refractivity contribution is 5.86. The molecular formula is C12H19F3N2O4. The van der Waals surface area contributed by atoms with Crippen LogP contribution in [0.15, 0.2) is 0 Å². The third-order valence-electron chi connectivity index (χ3n) is 2.56. The smallest absolute Gasteiger partial charge is 0.444 e. The Hall–Kier alpha value is -1.51. The summed E-state index contributed by atoms with van der Waals surface area (Å²) in [6, 6.07) is -0.883. The SMILES string of the molecule is C[C@@H](NC(=O)OC(C)(C)C)C(=O)N1CC(OC(F)(F)F)C1. The minimum atomic E-state index is -4.71. The molecule has 122 valence electrons. The number of likely N-dealkylation sites (tertiary alicyclic amines) is 1. The zero-order valence-electron chi connectivity index (χ0n) is 12.3. The Kier molecular flexibility index (Phi) is 5.08. The van der Waals surface area contributed by atoms with E-state index in [-0.39, 0.29) is 13.1 Å². The second kappa shape index (κ2) is 6.08. The lowest BCUT2D eigenvalue weighted by Crippen LogP contribution is -2.60. The van der Waals surface area contributed by atoms with Crippen LogP contribution in [0.3, 0.4) is 0 Å². The van der Waals surface area contributed by atoms with Gasteiger partial charge in [-0.15, -0.1) is 13.2 Å². The Bertz CT molecular complexity index is 400.